The van der Waals surface area contributed by atoms with Gasteiger partial charge in [0.15, 0.2) is 5.78 Å². The van der Waals surface area contributed by atoms with Crippen LogP contribution < -0.4 is 0 Å². The molecule has 0 saturated heterocycles. The fraction of sp³-hybridized carbons (Fsp3) is 0.625. The summed E-state index contributed by atoms with van der Waals surface area (Å²) in [5.74, 6) is 2.19. The minimum atomic E-state index is -0.167. The van der Waals surface area contributed by atoms with Gasteiger partial charge in [-0.25, -0.2) is 0 Å². The van der Waals surface area contributed by atoms with Crippen molar-refractivity contribution in [1.29, 1.82) is 0 Å². The number of fused-ring (bicyclic) bond motifs is 5. The molecule has 144 valence electrons. The maximum Gasteiger partial charge on any atom is 0.165 e. The van der Waals surface area contributed by atoms with Crippen molar-refractivity contribution in [2.24, 2.45) is 28.6 Å². The Morgan fingerprint density at radius 3 is 2.74 bits per heavy atom. The first-order chi connectivity index (χ1) is 12.9. The highest BCUT2D eigenvalue weighted by Crippen LogP contribution is 2.64. The fourth-order valence-electron chi connectivity index (χ4n) is 6.99. The number of Topliss-reactive ketones (excluding diaryl/α,β-unsaturated/α-hetero) is 1. The lowest BCUT2D eigenvalue weighted by Crippen LogP contribution is -2.50. The van der Waals surface area contributed by atoms with E-state index in [0.29, 0.717) is 23.5 Å². The smallest absolute Gasteiger partial charge is 0.165 e. The number of rotatable bonds is 1. The van der Waals surface area contributed by atoms with Crippen LogP contribution >= 0.6 is 11.3 Å². The third-order valence-electron chi connectivity index (χ3n) is 8.58. The van der Waals surface area contributed by atoms with Crippen LogP contribution in [0.4, 0.5) is 0 Å². The van der Waals surface area contributed by atoms with Crippen LogP contribution in [0.2, 0.25) is 0 Å². The van der Waals surface area contributed by atoms with Gasteiger partial charge in [0.2, 0.25) is 0 Å². The lowest BCUT2D eigenvalue weighted by molar-refractivity contribution is -0.130. The van der Waals surface area contributed by atoms with Gasteiger partial charge in [0.1, 0.15) is 0 Å². The van der Waals surface area contributed by atoms with E-state index in [4.69, 9.17) is 0 Å². The van der Waals surface area contributed by atoms with E-state index in [1.165, 1.54) is 16.9 Å². The van der Waals surface area contributed by atoms with E-state index in [1.54, 1.807) is 11.3 Å². The molecular formula is C24H30O2S. The minimum Gasteiger partial charge on any atom is -0.393 e. The lowest BCUT2D eigenvalue weighted by Gasteiger charge is -2.56. The summed E-state index contributed by atoms with van der Waals surface area (Å²) in [6.07, 6.45) is 11.6. The number of aliphatic hydroxyl groups excluding tert-OH is 1. The van der Waals surface area contributed by atoms with Crippen LogP contribution in [-0.4, -0.2) is 17.0 Å². The molecule has 3 saturated carbocycles. The van der Waals surface area contributed by atoms with Crippen LogP contribution in [0, 0.1) is 28.6 Å². The molecule has 0 radical (unpaired) electrons. The van der Waals surface area contributed by atoms with Crippen LogP contribution in [0.3, 0.4) is 0 Å². The van der Waals surface area contributed by atoms with E-state index in [9.17, 15) is 9.90 Å². The number of carbonyl (C=O) groups excluding carboxylic acids is 1. The summed E-state index contributed by atoms with van der Waals surface area (Å²) in [4.78, 5) is 14.6. The zero-order valence-corrected chi connectivity index (χ0v) is 17.2. The van der Waals surface area contributed by atoms with Crippen molar-refractivity contribution in [3.63, 3.8) is 0 Å². The second-order valence-electron chi connectivity index (χ2n) is 9.83. The van der Waals surface area contributed by atoms with Gasteiger partial charge in [-0.3, -0.25) is 4.79 Å². The molecule has 0 bridgehead atoms. The molecule has 4 aliphatic carbocycles. The molecule has 1 heterocycles. The van der Waals surface area contributed by atoms with Crippen molar-refractivity contribution >= 4 is 23.2 Å². The van der Waals surface area contributed by atoms with E-state index in [1.807, 2.05) is 0 Å². The fourth-order valence-corrected chi connectivity index (χ4v) is 7.67. The molecule has 6 atom stereocenters. The summed E-state index contributed by atoms with van der Waals surface area (Å²) in [5.41, 5.74) is 2.64. The van der Waals surface area contributed by atoms with Crippen molar-refractivity contribution in [1.82, 2.24) is 0 Å². The lowest BCUT2D eigenvalue weighted by atomic mass is 9.48. The molecule has 1 aromatic rings. The first-order valence-electron chi connectivity index (χ1n) is 10.6. The number of allylic oxidation sites excluding steroid dienone is 2. The molecule has 0 aliphatic heterocycles. The number of thiophene rings is 1. The van der Waals surface area contributed by atoms with Gasteiger partial charge in [0.25, 0.3) is 0 Å². The maximum atomic E-state index is 13.4. The van der Waals surface area contributed by atoms with Crippen LogP contribution in [-0.2, 0) is 4.79 Å². The average Bonchev–Trinajstić information content (AvgIpc) is 3.24. The van der Waals surface area contributed by atoms with Gasteiger partial charge in [0.05, 0.1) is 6.10 Å². The largest absolute Gasteiger partial charge is 0.393 e. The van der Waals surface area contributed by atoms with Crippen LogP contribution in [0.25, 0.3) is 6.08 Å². The van der Waals surface area contributed by atoms with E-state index in [0.717, 1.165) is 44.1 Å². The number of carbonyl (C=O) groups is 1. The summed E-state index contributed by atoms with van der Waals surface area (Å²) >= 11 is 1.72. The zero-order chi connectivity index (χ0) is 18.8. The van der Waals surface area contributed by atoms with E-state index in [2.05, 4.69) is 43.5 Å². The quantitative estimate of drug-likeness (QED) is 0.504. The molecule has 1 N–H and O–H groups in total. The van der Waals surface area contributed by atoms with Crippen molar-refractivity contribution in [2.75, 3.05) is 0 Å². The van der Waals surface area contributed by atoms with Gasteiger partial charge in [-0.1, -0.05) is 31.6 Å². The van der Waals surface area contributed by atoms with Crippen LogP contribution in [0.5, 0.6) is 0 Å². The number of hydrogen-bond acceptors (Lipinski definition) is 3. The van der Waals surface area contributed by atoms with E-state index >= 15 is 0 Å². The summed E-state index contributed by atoms with van der Waals surface area (Å²) in [5, 5.41) is 12.2. The molecule has 0 amide bonds. The minimum absolute atomic E-state index is 0.150. The van der Waals surface area contributed by atoms with Gasteiger partial charge < -0.3 is 5.11 Å². The predicted octanol–water partition coefficient (Wildman–Crippen LogP) is 5.63. The Morgan fingerprint density at radius 2 is 1.96 bits per heavy atom. The SMILES string of the molecule is C[C@]12CC[C@H](O)CC1=CC[C@H]1[C@H]2CC[C@]2(C)C(=O)/C(=C\c3cccs3)C[C@H]12. The Morgan fingerprint density at radius 1 is 1.15 bits per heavy atom. The molecule has 0 aromatic carbocycles. The molecule has 0 unspecified atom stereocenters. The molecule has 4 aliphatic rings. The Kier molecular flexibility index (Phi) is 4.07. The Labute approximate surface area is 166 Å². The molecule has 27 heavy (non-hydrogen) atoms. The standard InChI is InChI=1S/C24H30O2S/c1-23-9-7-17(25)14-16(23)5-6-19-20(23)8-10-24(2)21(19)13-15(22(24)26)12-18-4-3-11-27-18/h3-5,11-12,17,19-21,25H,6-10,13-14H2,1-2H3/b15-12-/t17-,19-,20+,21+,23-,24-/m0/s1. The van der Waals surface area contributed by atoms with Gasteiger partial charge in [-0.15, -0.1) is 11.3 Å². The maximum absolute atomic E-state index is 13.4. The molecule has 5 rings (SSSR count). The van der Waals surface area contributed by atoms with Crippen molar-refractivity contribution in [2.45, 2.75) is 64.9 Å². The molecule has 0 spiro atoms. The van der Waals surface area contributed by atoms with E-state index in [-0.39, 0.29) is 16.9 Å². The highest BCUT2D eigenvalue weighted by molar-refractivity contribution is 7.10. The topological polar surface area (TPSA) is 37.3 Å². The van der Waals surface area contributed by atoms with Gasteiger partial charge in [-0.05, 0) is 91.2 Å². The monoisotopic (exact) mass is 382 g/mol. The highest BCUT2D eigenvalue weighted by atomic mass is 32.1. The highest BCUT2D eigenvalue weighted by Gasteiger charge is 2.59. The molecule has 2 nitrogen and oxygen atoms in total. The number of aliphatic hydroxyl groups is 1. The van der Waals surface area contributed by atoms with Crippen molar-refractivity contribution in [3.05, 3.63) is 39.6 Å². The molecule has 3 heteroatoms. The normalized spacial score (nSPS) is 45.2. The van der Waals surface area contributed by atoms with Crippen LogP contribution in [0.1, 0.15) is 63.7 Å². The molecule has 1 aromatic heterocycles. The van der Waals surface area contributed by atoms with Gasteiger partial charge in [0, 0.05) is 10.3 Å². The number of ketones is 1. The van der Waals surface area contributed by atoms with Crippen molar-refractivity contribution < 1.29 is 9.90 Å². The van der Waals surface area contributed by atoms with Gasteiger partial charge in [-0.2, -0.15) is 0 Å². The Hall–Kier alpha value is -1.19. The average molecular weight is 383 g/mol. The van der Waals surface area contributed by atoms with Crippen LogP contribution in [0.15, 0.2) is 34.7 Å². The third-order valence-corrected chi connectivity index (χ3v) is 9.40. The van der Waals surface area contributed by atoms with Crippen molar-refractivity contribution in [3.8, 4) is 0 Å². The second-order valence-corrected chi connectivity index (χ2v) is 10.8. The first-order valence-corrected chi connectivity index (χ1v) is 11.5. The summed E-state index contributed by atoms with van der Waals surface area (Å²) in [7, 11) is 0. The summed E-state index contributed by atoms with van der Waals surface area (Å²) in [6, 6.07) is 4.18. The first kappa shape index (κ1) is 17.9. The summed E-state index contributed by atoms with van der Waals surface area (Å²) < 4.78 is 0. The van der Waals surface area contributed by atoms with E-state index < -0.39 is 0 Å². The predicted molar refractivity (Wildman–Crippen MR) is 110 cm³/mol. The third kappa shape index (κ3) is 2.57. The summed E-state index contributed by atoms with van der Waals surface area (Å²) in [6.45, 7) is 4.70. The Balaban J connectivity index is 1.49. The molecule has 3 fully saturated rings. The van der Waals surface area contributed by atoms with Gasteiger partial charge >= 0.3 is 0 Å². The Bertz CT molecular complexity index is 819. The zero-order valence-electron chi connectivity index (χ0n) is 16.4. The number of hydrogen-bond donors (Lipinski definition) is 1. The molecular weight excluding hydrogens is 352 g/mol. The second kappa shape index (κ2) is 6.15.